The lowest BCUT2D eigenvalue weighted by Gasteiger charge is -2.30. The first-order valence-electron chi connectivity index (χ1n) is 19.1. The van der Waals surface area contributed by atoms with Gasteiger partial charge in [-0.1, -0.05) is 166 Å². The Labute approximate surface area is 325 Å². The van der Waals surface area contributed by atoms with Crippen LogP contribution in [0.1, 0.15) is 25.0 Å². The molecule has 0 aliphatic heterocycles. The van der Waals surface area contributed by atoms with Gasteiger partial charge in [-0.2, -0.15) is 0 Å². The number of hydrogen-bond acceptors (Lipinski definition) is 2. The molecule has 0 saturated carbocycles. The number of anilines is 3. The molecule has 0 amide bonds. The Balaban J connectivity index is 1.09. The molecule has 0 spiro atoms. The first kappa shape index (κ1) is 32.0. The Morgan fingerprint density at radius 3 is 1.89 bits per heavy atom. The minimum atomic E-state index is -0.110. The van der Waals surface area contributed by atoms with E-state index in [0.717, 1.165) is 17.1 Å². The molecule has 260 valence electrons. The Morgan fingerprint density at radius 2 is 1.00 bits per heavy atom. The molecule has 1 heterocycles. The second-order valence-electron chi connectivity index (χ2n) is 15.3. The van der Waals surface area contributed by atoms with Crippen LogP contribution in [-0.4, -0.2) is 0 Å². The number of hydrogen-bond donors (Lipinski definition) is 0. The summed E-state index contributed by atoms with van der Waals surface area (Å²) in [6, 6.07) is 69.6. The van der Waals surface area contributed by atoms with Gasteiger partial charge in [0.2, 0.25) is 0 Å². The second-order valence-corrected chi connectivity index (χ2v) is 16.3. The van der Waals surface area contributed by atoms with Crippen LogP contribution in [-0.2, 0) is 5.41 Å². The van der Waals surface area contributed by atoms with Crippen LogP contribution in [0.3, 0.4) is 0 Å². The van der Waals surface area contributed by atoms with Crippen molar-refractivity contribution in [1.82, 2.24) is 0 Å². The highest BCUT2D eigenvalue weighted by Crippen LogP contribution is 2.51. The van der Waals surface area contributed by atoms with Crippen molar-refractivity contribution in [3.63, 3.8) is 0 Å². The van der Waals surface area contributed by atoms with E-state index in [1.54, 1.807) is 0 Å². The molecular weight excluding hydrogens is 683 g/mol. The SMILES string of the molecule is CC1(C)c2ccccc2-c2ccc(N(c3ccc(-c4cccc5c4ccc4c6ccccc6sc54)cc3)c3ccccc3-c3cccc4ccccc34)cc21. The van der Waals surface area contributed by atoms with Gasteiger partial charge in [-0.05, 0) is 91.5 Å². The van der Waals surface area contributed by atoms with Gasteiger partial charge in [0.15, 0.2) is 0 Å². The average molecular weight is 720 g/mol. The number of fused-ring (bicyclic) bond motifs is 9. The molecule has 0 atom stereocenters. The number of thiophene rings is 1. The van der Waals surface area contributed by atoms with Gasteiger partial charge in [0.1, 0.15) is 0 Å². The zero-order valence-corrected chi connectivity index (χ0v) is 31.6. The molecule has 0 unspecified atom stereocenters. The predicted molar refractivity (Wildman–Crippen MR) is 237 cm³/mol. The molecule has 1 aromatic heterocycles. The predicted octanol–water partition coefficient (Wildman–Crippen LogP) is 15.5. The maximum absolute atomic E-state index is 2.46. The van der Waals surface area contributed by atoms with Crippen LogP contribution in [0.5, 0.6) is 0 Å². The summed E-state index contributed by atoms with van der Waals surface area (Å²) in [5.41, 5.74) is 13.6. The standard InChI is InChI=1S/C53H37NS/c1-53(2)48-22-8-5-16-42(48)43-30-29-37(33-49(43)53)54(50-23-9-6-17-44(50)40-20-11-14-34-13-3-4-15-38(34)40)36-27-25-35(26-28-36)39-19-12-21-46-41(39)31-32-47-45-18-7-10-24-51(45)55-52(46)47/h3-33H,1-2H3. The zero-order chi connectivity index (χ0) is 36.7. The van der Waals surface area contributed by atoms with Crippen LogP contribution < -0.4 is 4.90 Å². The highest BCUT2D eigenvalue weighted by molar-refractivity contribution is 7.26. The first-order valence-corrected chi connectivity index (χ1v) is 19.9. The van der Waals surface area contributed by atoms with E-state index in [9.17, 15) is 0 Å². The monoisotopic (exact) mass is 719 g/mol. The minimum absolute atomic E-state index is 0.110. The summed E-state index contributed by atoms with van der Waals surface area (Å²) in [5.74, 6) is 0. The number of nitrogens with zero attached hydrogens (tertiary/aromatic N) is 1. The Morgan fingerprint density at radius 1 is 0.400 bits per heavy atom. The Bertz CT molecular complexity index is 3120. The normalized spacial score (nSPS) is 13.1. The molecule has 0 saturated heterocycles. The Hall–Kier alpha value is -6.48. The van der Waals surface area contributed by atoms with Crippen molar-refractivity contribution in [2.75, 3.05) is 4.90 Å². The van der Waals surface area contributed by atoms with E-state index in [4.69, 9.17) is 0 Å². The lowest BCUT2D eigenvalue weighted by molar-refractivity contribution is 0.660. The molecule has 11 rings (SSSR count). The summed E-state index contributed by atoms with van der Waals surface area (Å²) in [7, 11) is 0. The minimum Gasteiger partial charge on any atom is -0.310 e. The van der Waals surface area contributed by atoms with Gasteiger partial charge in [-0.3, -0.25) is 0 Å². The molecule has 1 aliphatic carbocycles. The van der Waals surface area contributed by atoms with Gasteiger partial charge in [-0.25, -0.2) is 0 Å². The average Bonchev–Trinajstić information content (AvgIpc) is 3.73. The fraction of sp³-hybridized carbons (Fsp3) is 0.0566. The molecule has 0 N–H and O–H groups in total. The van der Waals surface area contributed by atoms with Gasteiger partial charge in [0.05, 0.1) is 5.69 Å². The van der Waals surface area contributed by atoms with Crippen LogP contribution in [0.2, 0.25) is 0 Å². The van der Waals surface area contributed by atoms with Crippen LogP contribution in [0.4, 0.5) is 17.1 Å². The van der Waals surface area contributed by atoms with E-state index in [2.05, 4.69) is 207 Å². The van der Waals surface area contributed by atoms with Gasteiger partial charge < -0.3 is 4.90 Å². The van der Waals surface area contributed by atoms with Crippen LogP contribution in [0.25, 0.3) is 75.1 Å². The van der Waals surface area contributed by atoms with Gasteiger partial charge >= 0.3 is 0 Å². The van der Waals surface area contributed by atoms with E-state index in [0.29, 0.717) is 0 Å². The topological polar surface area (TPSA) is 3.24 Å². The molecule has 1 nitrogen and oxygen atoms in total. The summed E-state index contributed by atoms with van der Waals surface area (Å²) in [4.78, 5) is 2.46. The van der Waals surface area contributed by atoms with Crippen molar-refractivity contribution >= 4 is 70.1 Å². The summed E-state index contributed by atoms with van der Waals surface area (Å²) in [6.07, 6.45) is 0. The van der Waals surface area contributed by atoms with Crippen molar-refractivity contribution in [2.24, 2.45) is 0 Å². The third-order valence-electron chi connectivity index (χ3n) is 11.9. The third kappa shape index (κ3) is 4.92. The lowest BCUT2D eigenvalue weighted by atomic mass is 9.82. The van der Waals surface area contributed by atoms with Crippen molar-refractivity contribution < 1.29 is 0 Å². The maximum atomic E-state index is 2.46. The fourth-order valence-corrected chi connectivity index (χ4v) is 10.4. The molecule has 2 heteroatoms. The van der Waals surface area contributed by atoms with Crippen LogP contribution in [0, 0.1) is 0 Å². The van der Waals surface area contributed by atoms with E-state index < -0.39 is 0 Å². The van der Waals surface area contributed by atoms with E-state index >= 15 is 0 Å². The largest absolute Gasteiger partial charge is 0.310 e. The van der Waals surface area contributed by atoms with Crippen molar-refractivity contribution in [2.45, 2.75) is 19.3 Å². The fourth-order valence-electron chi connectivity index (χ4n) is 9.20. The second kappa shape index (κ2) is 12.3. The number of rotatable bonds is 5. The molecular formula is C53H37NS. The van der Waals surface area contributed by atoms with E-state index in [-0.39, 0.29) is 5.41 Å². The quantitative estimate of drug-likeness (QED) is 0.171. The third-order valence-corrected chi connectivity index (χ3v) is 13.1. The Kier molecular flexibility index (Phi) is 7.14. The van der Waals surface area contributed by atoms with Crippen LogP contribution >= 0.6 is 11.3 Å². The van der Waals surface area contributed by atoms with Crippen molar-refractivity contribution in [1.29, 1.82) is 0 Å². The molecule has 55 heavy (non-hydrogen) atoms. The zero-order valence-electron chi connectivity index (χ0n) is 30.8. The highest BCUT2D eigenvalue weighted by atomic mass is 32.1. The number of benzene rings is 9. The van der Waals surface area contributed by atoms with Gasteiger partial charge in [0.25, 0.3) is 0 Å². The van der Waals surface area contributed by atoms with E-state index in [1.165, 1.54) is 86.2 Å². The van der Waals surface area contributed by atoms with Crippen molar-refractivity contribution in [3.05, 3.63) is 199 Å². The molecule has 10 aromatic rings. The molecule has 9 aromatic carbocycles. The summed E-state index contributed by atoms with van der Waals surface area (Å²) >= 11 is 1.89. The molecule has 1 aliphatic rings. The highest BCUT2D eigenvalue weighted by Gasteiger charge is 2.36. The van der Waals surface area contributed by atoms with Crippen molar-refractivity contribution in [3.8, 4) is 33.4 Å². The van der Waals surface area contributed by atoms with Crippen LogP contribution in [0.15, 0.2) is 188 Å². The first-order chi connectivity index (χ1) is 27.0. The number of para-hydroxylation sites is 1. The maximum Gasteiger partial charge on any atom is 0.0540 e. The summed E-state index contributed by atoms with van der Waals surface area (Å²) in [5, 5.41) is 7.76. The van der Waals surface area contributed by atoms with Gasteiger partial charge in [-0.15, -0.1) is 11.3 Å². The summed E-state index contributed by atoms with van der Waals surface area (Å²) < 4.78 is 2.69. The lowest BCUT2D eigenvalue weighted by Crippen LogP contribution is -2.16. The molecule has 0 fully saturated rings. The smallest absolute Gasteiger partial charge is 0.0540 e. The van der Waals surface area contributed by atoms with E-state index in [1.807, 2.05) is 11.3 Å². The molecule has 0 bridgehead atoms. The summed E-state index contributed by atoms with van der Waals surface area (Å²) in [6.45, 7) is 4.72. The molecule has 0 radical (unpaired) electrons. The van der Waals surface area contributed by atoms with Gasteiger partial charge in [0, 0.05) is 47.9 Å².